The lowest BCUT2D eigenvalue weighted by molar-refractivity contribution is -0.138. The number of likely N-dealkylation sites (tertiary alicyclic amines) is 1. The summed E-state index contributed by atoms with van der Waals surface area (Å²) in [4.78, 5) is 28.7. The van der Waals surface area contributed by atoms with Crippen LogP contribution in [0.1, 0.15) is 32.3 Å². The molecular weight excluding hydrogens is 501 g/mol. The minimum Gasteiger partial charge on any atom is -0.402 e. The van der Waals surface area contributed by atoms with Crippen LogP contribution in [0.25, 0.3) is 0 Å². The van der Waals surface area contributed by atoms with Crippen LogP contribution in [-0.2, 0) is 25.4 Å². The van der Waals surface area contributed by atoms with Gasteiger partial charge in [0.1, 0.15) is 17.9 Å². The molecule has 1 aromatic rings. The number of morpholine rings is 1. The zero-order valence-corrected chi connectivity index (χ0v) is 21.5. The van der Waals surface area contributed by atoms with Crippen molar-refractivity contribution in [2.45, 2.75) is 56.9 Å². The first-order valence-electron chi connectivity index (χ1n) is 12.4. The Labute approximate surface area is 221 Å². The van der Waals surface area contributed by atoms with E-state index in [4.69, 9.17) is 9.39 Å². The molecule has 0 saturated carbocycles. The van der Waals surface area contributed by atoms with Crippen molar-refractivity contribution in [3.05, 3.63) is 47.5 Å². The molecule has 2 saturated heterocycles. The lowest BCUT2D eigenvalue weighted by Gasteiger charge is -2.35. The van der Waals surface area contributed by atoms with Crippen LogP contribution in [0.2, 0.25) is 0 Å². The Bertz CT molecular complexity index is 1050. The summed E-state index contributed by atoms with van der Waals surface area (Å²) in [5.74, 6) is -3.85. The van der Waals surface area contributed by atoms with Crippen LogP contribution in [0.3, 0.4) is 0 Å². The van der Waals surface area contributed by atoms with E-state index >= 15 is 0 Å². The minimum atomic E-state index is -2.81. The summed E-state index contributed by atoms with van der Waals surface area (Å²) in [5.41, 5.74) is -0.291. The van der Waals surface area contributed by atoms with E-state index in [-0.39, 0.29) is 51.1 Å². The molecule has 0 aromatic heterocycles. The second-order valence-electron chi connectivity index (χ2n) is 10.0. The van der Waals surface area contributed by atoms with Gasteiger partial charge < -0.3 is 29.7 Å². The van der Waals surface area contributed by atoms with Crippen molar-refractivity contribution in [3.8, 4) is 6.07 Å². The zero-order chi connectivity index (χ0) is 27.9. The third-order valence-corrected chi connectivity index (χ3v) is 6.54. The van der Waals surface area contributed by atoms with Gasteiger partial charge in [-0.15, -0.1) is 0 Å². The van der Waals surface area contributed by atoms with E-state index in [0.29, 0.717) is 0 Å². The fourth-order valence-electron chi connectivity index (χ4n) is 4.57. The SMILES string of the molecule is CC(C)(C=C(C#N)C(=O)N1CCO[C@H](CC(=O)N[C@@H](Cc2ccccc2)OB(O)O)C1)N1CCC(F)(F)C1. The first-order chi connectivity index (χ1) is 17.9. The average Bonchev–Trinajstić information content (AvgIpc) is 3.23. The molecular formula is C25H33BF2N4O6. The summed E-state index contributed by atoms with van der Waals surface area (Å²) in [6.07, 6.45) is -0.495. The molecule has 0 radical (unpaired) electrons. The van der Waals surface area contributed by atoms with Gasteiger partial charge >= 0.3 is 7.32 Å². The standard InChI is InChI=1S/C25H33BF2N4O6/c1-24(2,32-9-8-25(27,28)17-32)14-19(15-29)23(34)31-10-11-37-20(16-31)13-21(33)30-22(38-26(35)36)12-18-6-4-3-5-7-18/h3-7,14,20,22,35-36H,8-13,16-17H2,1-2H3,(H,30,33)/t20-,22-/m1/s1. The van der Waals surface area contributed by atoms with Gasteiger partial charge in [-0.25, -0.2) is 8.78 Å². The minimum absolute atomic E-state index is 0.0420. The van der Waals surface area contributed by atoms with E-state index in [0.717, 1.165) is 5.56 Å². The van der Waals surface area contributed by atoms with Crippen LogP contribution >= 0.6 is 0 Å². The van der Waals surface area contributed by atoms with Crippen molar-refractivity contribution in [2.24, 2.45) is 0 Å². The Morgan fingerprint density at radius 3 is 2.66 bits per heavy atom. The van der Waals surface area contributed by atoms with Crippen molar-refractivity contribution < 1.29 is 37.8 Å². The van der Waals surface area contributed by atoms with E-state index < -0.39 is 49.5 Å². The van der Waals surface area contributed by atoms with Crippen LogP contribution in [0.15, 0.2) is 42.0 Å². The molecule has 2 aliphatic heterocycles. The van der Waals surface area contributed by atoms with Gasteiger partial charge in [-0.2, -0.15) is 5.26 Å². The number of alkyl halides is 2. The number of rotatable bonds is 10. The Balaban J connectivity index is 1.60. The number of halogens is 2. The number of benzene rings is 1. The van der Waals surface area contributed by atoms with E-state index in [1.165, 1.54) is 11.0 Å². The molecule has 3 N–H and O–H groups in total. The third-order valence-electron chi connectivity index (χ3n) is 6.54. The van der Waals surface area contributed by atoms with Gasteiger partial charge in [-0.3, -0.25) is 14.5 Å². The Hall–Kier alpha value is -2.89. The molecule has 2 aliphatic rings. The second-order valence-corrected chi connectivity index (χ2v) is 10.0. The molecule has 3 rings (SSSR count). The number of nitrogens with zero attached hydrogens (tertiary/aromatic N) is 3. The van der Waals surface area contributed by atoms with Crippen molar-refractivity contribution in [1.82, 2.24) is 15.1 Å². The van der Waals surface area contributed by atoms with Crippen molar-refractivity contribution in [3.63, 3.8) is 0 Å². The molecule has 10 nitrogen and oxygen atoms in total. The number of amides is 2. The van der Waals surface area contributed by atoms with Gasteiger partial charge in [-0.05, 0) is 25.5 Å². The first-order valence-corrected chi connectivity index (χ1v) is 12.4. The molecule has 38 heavy (non-hydrogen) atoms. The van der Waals surface area contributed by atoms with Crippen LogP contribution in [-0.4, -0.2) is 95.6 Å². The monoisotopic (exact) mass is 534 g/mol. The van der Waals surface area contributed by atoms with Gasteiger partial charge in [0, 0.05) is 38.0 Å². The fourth-order valence-corrected chi connectivity index (χ4v) is 4.57. The summed E-state index contributed by atoms with van der Waals surface area (Å²) in [5, 5.41) is 30.7. The predicted octanol–water partition coefficient (Wildman–Crippen LogP) is 0.845. The van der Waals surface area contributed by atoms with Gasteiger partial charge in [0.2, 0.25) is 5.91 Å². The summed E-state index contributed by atoms with van der Waals surface area (Å²) >= 11 is 0. The van der Waals surface area contributed by atoms with E-state index in [1.54, 1.807) is 43.0 Å². The largest absolute Gasteiger partial charge is 0.635 e. The summed E-state index contributed by atoms with van der Waals surface area (Å²) < 4.78 is 38.1. The quantitative estimate of drug-likeness (QED) is 0.174. The maximum atomic E-state index is 13.7. The Morgan fingerprint density at radius 1 is 1.34 bits per heavy atom. The lowest BCUT2D eigenvalue weighted by Crippen LogP contribution is -2.49. The number of carbonyl (C=O) groups excluding carboxylic acids is 2. The number of hydrogen-bond acceptors (Lipinski definition) is 8. The van der Waals surface area contributed by atoms with Crippen LogP contribution in [0.5, 0.6) is 0 Å². The summed E-state index contributed by atoms with van der Waals surface area (Å²) in [6, 6.07) is 10.9. The van der Waals surface area contributed by atoms with Crippen molar-refractivity contribution in [2.75, 3.05) is 32.8 Å². The topological polar surface area (TPSA) is 135 Å². The molecule has 206 valence electrons. The Morgan fingerprint density at radius 2 is 2.05 bits per heavy atom. The van der Waals surface area contributed by atoms with Crippen LogP contribution in [0.4, 0.5) is 8.78 Å². The smallest absolute Gasteiger partial charge is 0.402 e. The first kappa shape index (κ1) is 29.7. The van der Waals surface area contributed by atoms with Crippen LogP contribution in [0, 0.1) is 11.3 Å². The van der Waals surface area contributed by atoms with E-state index in [1.807, 2.05) is 12.1 Å². The predicted molar refractivity (Wildman–Crippen MR) is 133 cm³/mol. The lowest BCUT2D eigenvalue weighted by atomic mass is 9.98. The molecule has 2 fully saturated rings. The second kappa shape index (κ2) is 12.8. The molecule has 2 amide bonds. The molecule has 0 aliphatic carbocycles. The van der Waals surface area contributed by atoms with Gasteiger partial charge in [0.05, 0.1) is 25.7 Å². The van der Waals surface area contributed by atoms with Gasteiger partial charge in [0.15, 0.2) is 0 Å². The van der Waals surface area contributed by atoms with Crippen molar-refractivity contribution in [1.29, 1.82) is 5.26 Å². The molecule has 0 spiro atoms. The highest BCUT2D eigenvalue weighted by Crippen LogP contribution is 2.33. The van der Waals surface area contributed by atoms with E-state index in [9.17, 15) is 33.7 Å². The number of hydrogen-bond donors (Lipinski definition) is 3. The van der Waals surface area contributed by atoms with E-state index in [2.05, 4.69) is 5.32 Å². The number of nitriles is 1. The maximum absolute atomic E-state index is 13.7. The molecule has 2 atom stereocenters. The highest BCUT2D eigenvalue weighted by molar-refractivity contribution is 6.32. The Kier molecular flexibility index (Phi) is 9.97. The molecule has 2 heterocycles. The molecule has 0 unspecified atom stereocenters. The fraction of sp³-hybridized carbons (Fsp3) is 0.560. The summed E-state index contributed by atoms with van der Waals surface area (Å²) in [6.45, 7) is 3.46. The molecule has 0 bridgehead atoms. The zero-order valence-electron chi connectivity index (χ0n) is 21.5. The third kappa shape index (κ3) is 8.57. The average molecular weight is 534 g/mol. The van der Waals surface area contributed by atoms with Gasteiger partial charge in [0.25, 0.3) is 11.8 Å². The number of ether oxygens (including phenoxy) is 1. The maximum Gasteiger partial charge on any atom is 0.635 e. The van der Waals surface area contributed by atoms with Crippen LogP contribution < -0.4 is 5.32 Å². The molecule has 1 aromatic carbocycles. The highest BCUT2D eigenvalue weighted by atomic mass is 19.3. The normalized spacial score (nSPS) is 21.0. The molecule has 13 heteroatoms. The van der Waals surface area contributed by atoms with Crippen molar-refractivity contribution >= 4 is 19.1 Å². The highest BCUT2D eigenvalue weighted by Gasteiger charge is 2.43. The number of nitrogens with one attached hydrogen (secondary N) is 1. The number of carbonyl (C=O) groups is 2. The van der Waals surface area contributed by atoms with Gasteiger partial charge in [-0.1, -0.05) is 30.3 Å². The summed E-state index contributed by atoms with van der Waals surface area (Å²) in [7, 11) is -2.09.